The van der Waals surface area contributed by atoms with Gasteiger partial charge in [0.1, 0.15) is 30.0 Å². The highest BCUT2D eigenvalue weighted by Crippen LogP contribution is 2.34. The minimum atomic E-state index is -0.507. The van der Waals surface area contributed by atoms with E-state index in [9.17, 15) is 9.59 Å². The van der Waals surface area contributed by atoms with Gasteiger partial charge in [-0.25, -0.2) is 4.79 Å². The van der Waals surface area contributed by atoms with E-state index in [1.807, 2.05) is 45.0 Å². The van der Waals surface area contributed by atoms with Crippen molar-refractivity contribution in [2.75, 3.05) is 13.2 Å². The van der Waals surface area contributed by atoms with Gasteiger partial charge in [0.05, 0.1) is 6.61 Å². The molecule has 0 heterocycles. The molecule has 0 unspecified atom stereocenters. The minimum Gasteiger partial charge on any atom is -0.494 e. The maximum absolute atomic E-state index is 11.7. The summed E-state index contributed by atoms with van der Waals surface area (Å²) >= 11 is 0. The standard InChI is InChI=1S/C31H37NO5/c1-21-8-11-25(20-36-26-12-9-24(19-33)10-13-26)23(3)29(21)28-15-14-27(18-22(28)2)35-17-7-16-32-30(34)37-31(4,5)6/h8-15,18-19H,7,16-17,20H2,1-6H3,(H,32,34). The highest BCUT2D eigenvalue weighted by molar-refractivity contribution is 5.76. The molecule has 3 aromatic rings. The second kappa shape index (κ2) is 12.4. The van der Waals surface area contributed by atoms with E-state index in [4.69, 9.17) is 14.2 Å². The molecule has 0 fully saturated rings. The topological polar surface area (TPSA) is 73.9 Å². The summed E-state index contributed by atoms with van der Waals surface area (Å²) in [5.41, 5.74) is 7.08. The highest BCUT2D eigenvalue weighted by Gasteiger charge is 2.16. The van der Waals surface area contributed by atoms with Crippen LogP contribution in [-0.2, 0) is 11.3 Å². The largest absolute Gasteiger partial charge is 0.494 e. The lowest BCUT2D eigenvalue weighted by Gasteiger charge is -2.19. The second-order valence-corrected chi connectivity index (χ2v) is 10.1. The first-order valence-corrected chi connectivity index (χ1v) is 12.5. The molecule has 196 valence electrons. The predicted molar refractivity (Wildman–Crippen MR) is 147 cm³/mol. The maximum Gasteiger partial charge on any atom is 0.407 e. The third-order valence-corrected chi connectivity index (χ3v) is 5.92. The van der Waals surface area contributed by atoms with Crippen LogP contribution >= 0.6 is 0 Å². The van der Waals surface area contributed by atoms with Crippen LogP contribution in [0.15, 0.2) is 54.6 Å². The number of hydrogen-bond acceptors (Lipinski definition) is 5. The van der Waals surface area contributed by atoms with Crippen LogP contribution < -0.4 is 14.8 Å². The molecule has 0 radical (unpaired) electrons. The average molecular weight is 504 g/mol. The van der Waals surface area contributed by atoms with Crippen molar-refractivity contribution in [1.82, 2.24) is 5.32 Å². The molecule has 0 spiro atoms. The Bertz CT molecular complexity index is 1230. The Labute approximate surface area is 220 Å². The van der Waals surface area contributed by atoms with Gasteiger partial charge < -0.3 is 19.5 Å². The Balaban J connectivity index is 1.62. The number of alkyl carbamates (subject to hydrolysis) is 1. The van der Waals surface area contributed by atoms with Crippen LogP contribution in [0, 0.1) is 20.8 Å². The van der Waals surface area contributed by atoms with Gasteiger partial charge >= 0.3 is 6.09 Å². The number of carbonyl (C=O) groups excluding carboxylic acids is 2. The molecule has 6 heteroatoms. The number of carbonyl (C=O) groups is 2. The molecular formula is C31H37NO5. The SMILES string of the molecule is Cc1cc(OCCCNC(=O)OC(C)(C)C)ccc1-c1c(C)ccc(COc2ccc(C=O)cc2)c1C. The summed E-state index contributed by atoms with van der Waals surface area (Å²) in [5, 5.41) is 2.75. The summed E-state index contributed by atoms with van der Waals surface area (Å²) in [6.07, 6.45) is 1.09. The fourth-order valence-corrected chi connectivity index (χ4v) is 4.04. The monoisotopic (exact) mass is 503 g/mol. The van der Waals surface area contributed by atoms with Crippen LogP contribution in [-0.4, -0.2) is 31.1 Å². The maximum atomic E-state index is 11.7. The van der Waals surface area contributed by atoms with Crippen LogP contribution in [0.1, 0.15) is 59.8 Å². The van der Waals surface area contributed by atoms with Gasteiger partial charge in [0, 0.05) is 12.1 Å². The van der Waals surface area contributed by atoms with Crippen molar-refractivity contribution in [2.24, 2.45) is 0 Å². The van der Waals surface area contributed by atoms with Crippen LogP contribution in [0.3, 0.4) is 0 Å². The molecular weight excluding hydrogens is 466 g/mol. The number of nitrogens with one attached hydrogen (secondary N) is 1. The molecule has 0 atom stereocenters. The third kappa shape index (κ3) is 8.10. The molecule has 6 nitrogen and oxygen atoms in total. The van der Waals surface area contributed by atoms with Gasteiger partial charge in [0.25, 0.3) is 0 Å². The molecule has 1 amide bonds. The zero-order chi connectivity index (χ0) is 27.0. The first kappa shape index (κ1) is 27.8. The van der Waals surface area contributed by atoms with Crippen molar-refractivity contribution >= 4 is 12.4 Å². The lowest BCUT2D eigenvalue weighted by Crippen LogP contribution is -2.33. The molecule has 0 saturated heterocycles. The van der Waals surface area contributed by atoms with Crippen molar-refractivity contribution in [3.8, 4) is 22.6 Å². The molecule has 1 N–H and O–H groups in total. The van der Waals surface area contributed by atoms with Crippen molar-refractivity contribution < 1.29 is 23.8 Å². The Kier molecular flexibility index (Phi) is 9.34. The number of amides is 1. The molecule has 0 aliphatic rings. The van der Waals surface area contributed by atoms with E-state index in [0.29, 0.717) is 31.7 Å². The number of benzene rings is 3. The van der Waals surface area contributed by atoms with Crippen molar-refractivity contribution in [3.05, 3.63) is 82.4 Å². The Morgan fingerprint density at radius 3 is 2.24 bits per heavy atom. The van der Waals surface area contributed by atoms with Gasteiger partial charge in [-0.2, -0.15) is 0 Å². The van der Waals surface area contributed by atoms with Crippen molar-refractivity contribution in [3.63, 3.8) is 0 Å². The van der Waals surface area contributed by atoms with Crippen LogP contribution in [0.4, 0.5) is 4.79 Å². The van der Waals surface area contributed by atoms with E-state index in [1.54, 1.807) is 12.1 Å². The second-order valence-electron chi connectivity index (χ2n) is 10.1. The summed E-state index contributed by atoms with van der Waals surface area (Å²) in [4.78, 5) is 22.6. The normalized spacial score (nSPS) is 11.1. The Morgan fingerprint density at radius 2 is 1.59 bits per heavy atom. The van der Waals surface area contributed by atoms with E-state index in [1.165, 1.54) is 16.7 Å². The number of aldehydes is 1. The zero-order valence-corrected chi connectivity index (χ0v) is 22.6. The van der Waals surface area contributed by atoms with Crippen molar-refractivity contribution in [1.29, 1.82) is 0 Å². The lowest BCUT2D eigenvalue weighted by molar-refractivity contribution is 0.0525. The van der Waals surface area contributed by atoms with Gasteiger partial charge in [0.15, 0.2) is 0 Å². The number of ether oxygens (including phenoxy) is 3. The van der Waals surface area contributed by atoms with Gasteiger partial charge in [-0.05, 0) is 118 Å². The summed E-state index contributed by atoms with van der Waals surface area (Å²) in [6.45, 7) is 13.3. The molecule has 0 aliphatic heterocycles. The zero-order valence-electron chi connectivity index (χ0n) is 22.6. The number of aryl methyl sites for hydroxylation is 2. The third-order valence-electron chi connectivity index (χ3n) is 5.92. The molecule has 0 bridgehead atoms. The first-order valence-electron chi connectivity index (χ1n) is 12.5. The highest BCUT2D eigenvalue weighted by atomic mass is 16.6. The van der Waals surface area contributed by atoms with E-state index in [0.717, 1.165) is 34.5 Å². The molecule has 0 aromatic heterocycles. The first-order chi connectivity index (χ1) is 17.6. The smallest absolute Gasteiger partial charge is 0.407 e. The quantitative estimate of drug-likeness (QED) is 0.239. The number of rotatable bonds is 10. The molecule has 0 aliphatic carbocycles. The van der Waals surface area contributed by atoms with Crippen molar-refractivity contribution in [2.45, 2.75) is 60.2 Å². The summed E-state index contributed by atoms with van der Waals surface area (Å²) in [5.74, 6) is 1.53. The van der Waals surface area contributed by atoms with Crippen LogP contribution in [0.2, 0.25) is 0 Å². The molecule has 37 heavy (non-hydrogen) atoms. The van der Waals surface area contributed by atoms with E-state index < -0.39 is 11.7 Å². The molecule has 3 aromatic carbocycles. The summed E-state index contributed by atoms with van der Waals surface area (Å²) < 4.78 is 17.1. The molecule has 0 saturated carbocycles. The van der Waals surface area contributed by atoms with Gasteiger partial charge in [-0.15, -0.1) is 0 Å². The van der Waals surface area contributed by atoms with Crippen LogP contribution in [0.5, 0.6) is 11.5 Å². The van der Waals surface area contributed by atoms with E-state index in [-0.39, 0.29) is 0 Å². The van der Waals surface area contributed by atoms with Gasteiger partial charge in [0.2, 0.25) is 0 Å². The Morgan fingerprint density at radius 1 is 0.892 bits per heavy atom. The average Bonchev–Trinajstić information content (AvgIpc) is 2.84. The summed E-state index contributed by atoms with van der Waals surface area (Å²) in [6, 6.07) is 17.5. The molecule has 3 rings (SSSR count). The van der Waals surface area contributed by atoms with Gasteiger partial charge in [-0.1, -0.05) is 18.2 Å². The lowest BCUT2D eigenvalue weighted by atomic mass is 9.90. The fraction of sp³-hybridized carbons (Fsp3) is 0.355. The fourth-order valence-electron chi connectivity index (χ4n) is 4.04. The minimum absolute atomic E-state index is 0.415. The van der Waals surface area contributed by atoms with Crippen LogP contribution in [0.25, 0.3) is 11.1 Å². The van der Waals surface area contributed by atoms with E-state index in [2.05, 4.69) is 44.3 Å². The van der Waals surface area contributed by atoms with Gasteiger partial charge in [-0.3, -0.25) is 4.79 Å². The predicted octanol–water partition coefficient (Wildman–Crippen LogP) is 6.96. The summed E-state index contributed by atoms with van der Waals surface area (Å²) in [7, 11) is 0. The van der Waals surface area contributed by atoms with E-state index >= 15 is 0 Å². The number of hydrogen-bond donors (Lipinski definition) is 1. The Hall–Kier alpha value is -3.80.